The number of furan rings is 1. The van der Waals surface area contributed by atoms with Crippen LogP contribution in [0.5, 0.6) is 0 Å². The molecule has 1 aromatic heterocycles. The number of rotatable bonds is 5. The zero-order valence-corrected chi connectivity index (χ0v) is 14.4. The van der Waals surface area contributed by atoms with E-state index in [1.807, 2.05) is 13.8 Å². The minimum Gasteiger partial charge on any atom is -0.481 e. The van der Waals surface area contributed by atoms with E-state index >= 15 is 0 Å². The largest absolute Gasteiger partial charge is 0.481 e. The molecule has 24 heavy (non-hydrogen) atoms. The van der Waals surface area contributed by atoms with E-state index in [9.17, 15) is 14.4 Å². The molecular formula is C17H24N2O5. The highest BCUT2D eigenvalue weighted by Crippen LogP contribution is 2.18. The highest BCUT2D eigenvalue weighted by Gasteiger charge is 2.29. The topological polar surface area (TPSA) is 91.1 Å². The first kappa shape index (κ1) is 18.0. The Hall–Kier alpha value is -2.31. The molecule has 0 radical (unpaired) electrons. The van der Waals surface area contributed by atoms with Crippen LogP contribution in [-0.2, 0) is 16.0 Å². The molecule has 0 saturated carbocycles. The molecule has 1 saturated heterocycles. The monoisotopic (exact) mass is 336 g/mol. The van der Waals surface area contributed by atoms with Gasteiger partial charge in [-0.15, -0.1) is 0 Å². The first-order valence-corrected chi connectivity index (χ1v) is 8.18. The van der Waals surface area contributed by atoms with Crippen molar-refractivity contribution < 1.29 is 23.9 Å². The van der Waals surface area contributed by atoms with E-state index in [-0.39, 0.29) is 30.7 Å². The van der Waals surface area contributed by atoms with Gasteiger partial charge in [0.05, 0.1) is 12.5 Å². The van der Waals surface area contributed by atoms with Crippen molar-refractivity contribution in [3.63, 3.8) is 0 Å². The molecule has 1 aromatic rings. The average Bonchev–Trinajstić information content (AvgIpc) is 2.94. The number of carbonyl (C=O) groups excluding carboxylic acids is 2. The van der Waals surface area contributed by atoms with Crippen LogP contribution in [0.1, 0.15) is 41.6 Å². The molecule has 1 fully saturated rings. The van der Waals surface area contributed by atoms with E-state index in [2.05, 4.69) is 0 Å². The van der Waals surface area contributed by atoms with Crippen molar-refractivity contribution in [1.82, 2.24) is 9.80 Å². The van der Waals surface area contributed by atoms with Crippen molar-refractivity contribution >= 4 is 17.8 Å². The third-order valence-electron chi connectivity index (χ3n) is 4.39. The van der Waals surface area contributed by atoms with Gasteiger partial charge in [0.25, 0.3) is 5.91 Å². The lowest BCUT2D eigenvalue weighted by atomic mass is 9.98. The van der Waals surface area contributed by atoms with Crippen LogP contribution in [0.25, 0.3) is 0 Å². The van der Waals surface area contributed by atoms with Gasteiger partial charge in [0.1, 0.15) is 5.76 Å². The molecule has 1 unspecified atom stereocenters. The molecule has 2 rings (SSSR count). The summed E-state index contributed by atoms with van der Waals surface area (Å²) in [4.78, 5) is 38.7. The van der Waals surface area contributed by atoms with Crippen molar-refractivity contribution in [3.8, 4) is 0 Å². The number of likely N-dealkylation sites (tertiary alicyclic amines) is 1. The quantitative estimate of drug-likeness (QED) is 0.881. The smallest absolute Gasteiger partial charge is 0.308 e. The third kappa shape index (κ3) is 3.96. The zero-order valence-electron chi connectivity index (χ0n) is 14.4. The summed E-state index contributed by atoms with van der Waals surface area (Å²) in [7, 11) is 1.54. The van der Waals surface area contributed by atoms with E-state index < -0.39 is 11.9 Å². The molecule has 7 nitrogen and oxygen atoms in total. The first-order chi connectivity index (χ1) is 11.3. The van der Waals surface area contributed by atoms with Crippen LogP contribution in [0.4, 0.5) is 0 Å². The van der Waals surface area contributed by atoms with Crippen LogP contribution in [0.2, 0.25) is 0 Å². The Balaban J connectivity index is 1.97. The molecule has 0 bridgehead atoms. The number of nitrogens with zero attached hydrogens (tertiary/aromatic N) is 2. The lowest BCUT2D eigenvalue weighted by molar-refractivity contribution is -0.145. The highest BCUT2D eigenvalue weighted by molar-refractivity contribution is 5.94. The summed E-state index contributed by atoms with van der Waals surface area (Å²) >= 11 is 0. The fourth-order valence-electron chi connectivity index (χ4n) is 2.94. The molecule has 1 aliphatic heterocycles. The van der Waals surface area contributed by atoms with Crippen LogP contribution in [0, 0.1) is 12.8 Å². The zero-order chi connectivity index (χ0) is 17.9. The predicted octanol–water partition coefficient (Wildman–Crippen LogP) is 1.55. The van der Waals surface area contributed by atoms with Crippen LogP contribution in [0.15, 0.2) is 10.5 Å². The van der Waals surface area contributed by atoms with Crippen LogP contribution in [0.3, 0.4) is 0 Å². The minimum atomic E-state index is -0.880. The number of aliphatic carboxylic acids is 1. The Bertz CT molecular complexity index is 637. The number of carboxylic acid groups (broad SMARTS) is 1. The Kier molecular flexibility index (Phi) is 5.64. The summed E-state index contributed by atoms with van der Waals surface area (Å²) in [6.45, 7) is 4.47. The van der Waals surface area contributed by atoms with Crippen LogP contribution in [-0.4, -0.2) is 59.4 Å². The normalized spacial score (nSPS) is 17.6. The molecule has 2 amide bonds. The number of amides is 2. The van der Waals surface area contributed by atoms with Gasteiger partial charge < -0.3 is 19.3 Å². The van der Waals surface area contributed by atoms with Crippen molar-refractivity contribution in [2.24, 2.45) is 5.92 Å². The van der Waals surface area contributed by atoms with Gasteiger partial charge in [-0.1, -0.05) is 6.92 Å². The number of aryl methyl sites for hydroxylation is 2. The second-order valence-electron chi connectivity index (χ2n) is 6.25. The summed E-state index contributed by atoms with van der Waals surface area (Å²) in [5.41, 5.74) is 0.918. The van der Waals surface area contributed by atoms with E-state index in [1.54, 1.807) is 13.1 Å². The van der Waals surface area contributed by atoms with E-state index in [4.69, 9.17) is 9.52 Å². The van der Waals surface area contributed by atoms with Crippen molar-refractivity contribution in [3.05, 3.63) is 23.2 Å². The molecule has 0 aromatic carbocycles. The number of hydrogen-bond acceptors (Lipinski definition) is 4. The molecule has 0 spiro atoms. The lowest BCUT2D eigenvalue weighted by Crippen LogP contribution is -2.46. The first-order valence-electron chi connectivity index (χ1n) is 8.18. The maximum Gasteiger partial charge on any atom is 0.308 e. The summed E-state index contributed by atoms with van der Waals surface area (Å²) in [6.07, 6.45) is 1.95. The average molecular weight is 336 g/mol. The molecule has 1 N–H and O–H groups in total. The van der Waals surface area contributed by atoms with Gasteiger partial charge in [-0.25, -0.2) is 0 Å². The van der Waals surface area contributed by atoms with E-state index in [0.717, 1.165) is 11.3 Å². The molecule has 132 valence electrons. The lowest BCUT2D eigenvalue weighted by Gasteiger charge is -2.31. The van der Waals surface area contributed by atoms with Gasteiger partial charge >= 0.3 is 5.97 Å². The van der Waals surface area contributed by atoms with Gasteiger partial charge in [0.2, 0.25) is 5.91 Å². The maximum atomic E-state index is 12.4. The molecule has 7 heteroatoms. The standard InChI is InChI=1S/C17H24N2O5/c1-4-13-11(2)8-14(24-13)16(21)18(3)10-15(20)19-7-5-6-12(9-19)17(22)23/h8,12H,4-7,9-10H2,1-3H3,(H,22,23). The molecule has 1 atom stereocenters. The molecular weight excluding hydrogens is 312 g/mol. The van der Waals surface area contributed by atoms with Crippen molar-refractivity contribution in [2.75, 3.05) is 26.7 Å². The van der Waals surface area contributed by atoms with Crippen molar-refractivity contribution in [2.45, 2.75) is 33.1 Å². The maximum absolute atomic E-state index is 12.4. The van der Waals surface area contributed by atoms with Crippen molar-refractivity contribution in [1.29, 1.82) is 0 Å². The second kappa shape index (κ2) is 7.51. The summed E-state index contributed by atoms with van der Waals surface area (Å²) in [5, 5.41) is 9.09. The number of hydrogen-bond donors (Lipinski definition) is 1. The number of carboxylic acids is 1. The van der Waals surface area contributed by atoms with E-state index in [0.29, 0.717) is 25.8 Å². The summed E-state index contributed by atoms with van der Waals surface area (Å²) in [6, 6.07) is 1.68. The summed E-state index contributed by atoms with van der Waals surface area (Å²) < 4.78 is 5.53. The van der Waals surface area contributed by atoms with E-state index in [1.165, 1.54) is 9.80 Å². The molecule has 0 aliphatic carbocycles. The fourth-order valence-corrected chi connectivity index (χ4v) is 2.94. The Morgan fingerprint density at radius 1 is 1.42 bits per heavy atom. The van der Waals surface area contributed by atoms with Crippen LogP contribution < -0.4 is 0 Å². The van der Waals surface area contributed by atoms with Gasteiger partial charge in [0, 0.05) is 26.6 Å². The van der Waals surface area contributed by atoms with Crippen LogP contribution >= 0.6 is 0 Å². The van der Waals surface area contributed by atoms with Gasteiger partial charge in [-0.3, -0.25) is 14.4 Å². The fraction of sp³-hybridized carbons (Fsp3) is 0.588. The van der Waals surface area contributed by atoms with Gasteiger partial charge in [-0.2, -0.15) is 0 Å². The minimum absolute atomic E-state index is 0.0909. The predicted molar refractivity (Wildman–Crippen MR) is 86.7 cm³/mol. The Morgan fingerprint density at radius 2 is 2.12 bits per heavy atom. The number of piperidine rings is 1. The number of carbonyl (C=O) groups is 3. The summed E-state index contributed by atoms with van der Waals surface area (Å²) in [5.74, 6) is -1.01. The number of likely N-dealkylation sites (N-methyl/N-ethyl adjacent to an activating group) is 1. The van der Waals surface area contributed by atoms with Gasteiger partial charge in [0.15, 0.2) is 5.76 Å². The SMILES string of the molecule is CCc1oc(C(=O)N(C)CC(=O)N2CCCC(C(=O)O)C2)cc1C. The highest BCUT2D eigenvalue weighted by atomic mass is 16.4. The second-order valence-corrected chi connectivity index (χ2v) is 6.25. The Morgan fingerprint density at radius 3 is 2.71 bits per heavy atom. The Labute approximate surface area is 141 Å². The third-order valence-corrected chi connectivity index (χ3v) is 4.39. The van der Waals surface area contributed by atoms with Gasteiger partial charge in [-0.05, 0) is 31.4 Å². The molecule has 1 aliphatic rings. The molecule has 2 heterocycles.